The summed E-state index contributed by atoms with van der Waals surface area (Å²) in [5.41, 5.74) is 5.03. The number of nitrogens with one attached hydrogen (secondary N) is 1. The first-order valence-corrected chi connectivity index (χ1v) is 7.72. The molecule has 3 aromatic carbocycles. The fourth-order valence-electron chi connectivity index (χ4n) is 2.49. The summed E-state index contributed by atoms with van der Waals surface area (Å²) in [5.74, 6) is 0.138. The highest BCUT2D eigenvalue weighted by molar-refractivity contribution is 5.97. The van der Waals surface area contributed by atoms with Crippen LogP contribution in [0.15, 0.2) is 78.9 Å². The molecule has 0 aliphatic heterocycles. The molecular formula is C21H19NO. The van der Waals surface area contributed by atoms with Gasteiger partial charge in [-0.3, -0.25) is 4.79 Å². The fraction of sp³-hybridized carbons (Fsp3) is 0.0952. The number of Topliss-reactive ketones (excluding diaryl/α,β-unsaturated/α-hetero) is 1. The number of rotatable bonds is 5. The van der Waals surface area contributed by atoms with Gasteiger partial charge in [0, 0.05) is 23.4 Å². The van der Waals surface area contributed by atoms with Gasteiger partial charge in [0.05, 0.1) is 0 Å². The van der Waals surface area contributed by atoms with Gasteiger partial charge < -0.3 is 5.32 Å². The Bertz CT molecular complexity index is 792. The molecule has 0 spiro atoms. The van der Waals surface area contributed by atoms with E-state index in [0.29, 0.717) is 6.42 Å². The van der Waals surface area contributed by atoms with Crippen LogP contribution in [-0.2, 0) is 6.42 Å². The third-order valence-electron chi connectivity index (χ3n) is 3.84. The van der Waals surface area contributed by atoms with Crippen molar-refractivity contribution in [3.05, 3.63) is 95.6 Å². The second-order valence-electron chi connectivity index (χ2n) is 5.60. The zero-order valence-electron chi connectivity index (χ0n) is 13.1. The summed E-state index contributed by atoms with van der Waals surface area (Å²) >= 11 is 0. The summed E-state index contributed by atoms with van der Waals surface area (Å²) in [4.78, 5) is 12.3. The third kappa shape index (κ3) is 3.86. The van der Waals surface area contributed by atoms with E-state index in [0.717, 1.165) is 22.5 Å². The lowest BCUT2D eigenvalue weighted by Crippen LogP contribution is -2.03. The van der Waals surface area contributed by atoms with E-state index in [1.165, 1.54) is 5.56 Å². The molecule has 0 aliphatic rings. The number of hydrogen-bond acceptors (Lipinski definition) is 2. The predicted molar refractivity (Wildman–Crippen MR) is 95.4 cm³/mol. The lowest BCUT2D eigenvalue weighted by molar-refractivity contribution is 0.0993. The Morgan fingerprint density at radius 2 is 1.48 bits per heavy atom. The molecule has 0 fully saturated rings. The van der Waals surface area contributed by atoms with Crippen molar-refractivity contribution in [3.8, 4) is 0 Å². The van der Waals surface area contributed by atoms with Crippen LogP contribution in [0, 0.1) is 6.92 Å². The number of ketones is 1. The second-order valence-corrected chi connectivity index (χ2v) is 5.60. The predicted octanol–water partition coefficient (Wildman–Crippen LogP) is 5.16. The van der Waals surface area contributed by atoms with Crippen molar-refractivity contribution >= 4 is 17.2 Å². The summed E-state index contributed by atoms with van der Waals surface area (Å²) in [6.45, 7) is 2.07. The molecule has 0 amide bonds. The van der Waals surface area contributed by atoms with Crippen LogP contribution in [0.5, 0.6) is 0 Å². The molecule has 0 aliphatic carbocycles. The maximum absolute atomic E-state index is 12.3. The molecule has 23 heavy (non-hydrogen) atoms. The van der Waals surface area contributed by atoms with Crippen LogP contribution in [0.4, 0.5) is 11.4 Å². The molecule has 1 N–H and O–H groups in total. The number of carbonyl (C=O) groups excluding carboxylic acids is 1. The van der Waals surface area contributed by atoms with E-state index in [4.69, 9.17) is 0 Å². The minimum Gasteiger partial charge on any atom is -0.355 e. The molecular weight excluding hydrogens is 282 g/mol. The minimum absolute atomic E-state index is 0.138. The number of hydrogen-bond donors (Lipinski definition) is 1. The first-order valence-electron chi connectivity index (χ1n) is 7.72. The van der Waals surface area contributed by atoms with Crippen LogP contribution in [0.25, 0.3) is 0 Å². The zero-order chi connectivity index (χ0) is 16.1. The van der Waals surface area contributed by atoms with E-state index in [-0.39, 0.29) is 5.78 Å². The van der Waals surface area contributed by atoms with Crippen LogP contribution in [0.2, 0.25) is 0 Å². The van der Waals surface area contributed by atoms with Gasteiger partial charge in [-0.15, -0.1) is 0 Å². The quantitative estimate of drug-likeness (QED) is 0.659. The van der Waals surface area contributed by atoms with E-state index >= 15 is 0 Å². The van der Waals surface area contributed by atoms with Crippen LogP contribution >= 0.6 is 0 Å². The topological polar surface area (TPSA) is 29.1 Å². The normalized spacial score (nSPS) is 10.3. The van der Waals surface area contributed by atoms with E-state index in [2.05, 4.69) is 18.3 Å². The van der Waals surface area contributed by atoms with Gasteiger partial charge in [0.1, 0.15) is 0 Å². The van der Waals surface area contributed by atoms with Gasteiger partial charge in [-0.25, -0.2) is 0 Å². The highest BCUT2D eigenvalue weighted by atomic mass is 16.1. The molecule has 3 rings (SSSR count). The minimum atomic E-state index is 0.138. The van der Waals surface area contributed by atoms with Crippen molar-refractivity contribution < 1.29 is 4.79 Å². The lowest BCUT2D eigenvalue weighted by Gasteiger charge is -2.10. The number of anilines is 2. The van der Waals surface area contributed by atoms with E-state index in [1.54, 1.807) is 0 Å². The Morgan fingerprint density at radius 1 is 0.826 bits per heavy atom. The maximum atomic E-state index is 12.3. The Balaban J connectivity index is 1.69. The monoisotopic (exact) mass is 301 g/mol. The van der Waals surface area contributed by atoms with E-state index < -0.39 is 0 Å². The van der Waals surface area contributed by atoms with E-state index in [1.807, 2.05) is 72.8 Å². The molecule has 114 valence electrons. The Morgan fingerprint density at radius 3 is 2.17 bits per heavy atom. The van der Waals surface area contributed by atoms with Gasteiger partial charge in [0.25, 0.3) is 0 Å². The summed E-state index contributed by atoms with van der Waals surface area (Å²) in [7, 11) is 0. The zero-order valence-corrected chi connectivity index (χ0v) is 13.1. The van der Waals surface area contributed by atoms with Crippen molar-refractivity contribution in [2.75, 3.05) is 5.32 Å². The largest absolute Gasteiger partial charge is 0.355 e. The average molecular weight is 301 g/mol. The Labute approximate surface area is 136 Å². The van der Waals surface area contributed by atoms with Crippen molar-refractivity contribution in [1.82, 2.24) is 0 Å². The van der Waals surface area contributed by atoms with Crippen LogP contribution in [0.3, 0.4) is 0 Å². The van der Waals surface area contributed by atoms with Gasteiger partial charge in [-0.05, 0) is 48.4 Å². The molecule has 2 nitrogen and oxygen atoms in total. The Hall–Kier alpha value is -2.87. The Kier molecular flexibility index (Phi) is 4.53. The van der Waals surface area contributed by atoms with Crippen molar-refractivity contribution in [2.24, 2.45) is 0 Å². The van der Waals surface area contributed by atoms with Gasteiger partial charge in [-0.2, -0.15) is 0 Å². The standard InChI is InChI=1S/C21H19NO/c1-16-7-5-6-10-20(16)22-19-13-11-18(12-14-19)21(23)15-17-8-3-2-4-9-17/h2-14,22H,15H2,1H3. The molecule has 0 bridgehead atoms. The molecule has 0 saturated carbocycles. The molecule has 2 heteroatoms. The maximum Gasteiger partial charge on any atom is 0.167 e. The van der Waals surface area contributed by atoms with Crippen LogP contribution < -0.4 is 5.32 Å². The van der Waals surface area contributed by atoms with Gasteiger partial charge >= 0.3 is 0 Å². The highest BCUT2D eigenvalue weighted by Crippen LogP contribution is 2.20. The molecule has 0 radical (unpaired) electrons. The first kappa shape index (κ1) is 15.0. The summed E-state index contributed by atoms with van der Waals surface area (Å²) < 4.78 is 0. The molecule has 0 atom stereocenters. The van der Waals surface area contributed by atoms with Crippen molar-refractivity contribution in [2.45, 2.75) is 13.3 Å². The number of aryl methyl sites for hydroxylation is 1. The second kappa shape index (κ2) is 6.93. The smallest absolute Gasteiger partial charge is 0.167 e. The van der Waals surface area contributed by atoms with E-state index in [9.17, 15) is 4.79 Å². The summed E-state index contributed by atoms with van der Waals surface area (Å²) in [6, 6.07) is 25.6. The number of para-hydroxylation sites is 1. The van der Waals surface area contributed by atoms with Crippen molar-refractivity contribution in [1.29, 1.82) is 0 Å². The molecule has 0 aromatic heterocycles. The van der Waals surface area contributed by atoms with Crippen LogP contribution in [0.1, 0.15) is 21.5 Å². The first-order chi connectivity index (χ1) is 11.2. The molecule has 0 heterocycles. The molecule has 3 aromatic rings. The third-order valence-corrected chi connectivity index (χ3v) is 3.84. The average Bonchev–Trinajstić information content (AvgIpc) is 2.58. The summed E-state index contributed by atoms with van der Waals surface area (Å²) in [5, 5.41) is 3.38. The molecule has 0 unspecified atom stereocenters. The van der Waals surface area contributed by atoms with Gasteiger partial charge in [0.15, 0.2) is 5.78 Å². The SMILES string of the molecule is Cc1ccccc1Nc1ccc(C(=O)Cc2ccccc2)cc1. The lowest BCUT2D eigenvalue weighted by atomic mass is 10.0. The highest BCUT2D eigenvalue weighted by Gasteiger charge is 2.07. The number of benzene rings is 3. The van der Waals surface area contributed by atoms with Crippen LogP contribution in [-0.4, -0.2) is 5.78 Å². The van der Waals surface area contributed by atoms with Crippen molar-refractivity contribution in [3.63, 3.8) is 0 Å². The van der Waals surface area contributed by atoms with Gasteiger partial charge in [-0.1, -0.05) is 48.5 Å². The molecule has 0 saturated heterocycles. The van der Waals surface area contributed by atoms with Gasteiger partial charge in [0.2, 0.25) is 0 Å². The fourth-order valence-corrected chi connectivity index (χ4v) is 2.49. The number of carbonyl (C=O) groups is 1. The summed E-state index contributed by atoms with van der Waals surface area (Å²) in [6.07, 6.45) is 0.436.